The zero-order valence-electron chi connectivity index (χ0n) is 13.2. The predicted molar refractivity (Wildman–Crippen MR) is 82.2 cm³/mol. The Kier molecular flexibility index (Phi) is 4.43. The highest BCUT2D eigenvalue weighted by atomic mass is 35.5. The number of benzene rings is 1. The molecule has 1 aromatic carbocycles. The zero-order chi connectivity index (χ0) is 15.8. The second kappa shape index (κ2) is 5.67. The first-order chi connectivity index (χ1) is 9.68. The summed E-state index contributed by atoms with van der Waals surface area (Å²) in [7, 11) is 1.56. The van der Waals surface area contributed by atoms with Crippen LogP contribution in [-0.2, 0) is 11.3 Å². The van der Waals surface area contributed by atoms with Gasteiger partial charge < -0.3 is 19.3 Å². The third-order valence-corrected chi connectivity index (χ3v) is 4.00. The first-order valence-electron chi connectivity index (χ1n) is 7.02. The number of hydrogen-bond donors (Lipinski definition) is 1. The molecule has 118 valence electrons. The molecule has 21 heavy (non-hydrogen) atoms. The Morgan fingerprint density at radius 2 is 2.00 bits per heavy atom. The van der Waals surface area contributed by atoms with Gasteiger partial charge in [-0.25, -0.2) is 0 Å². The van der Waals surface area contributed by atoms with Crippen LogP contribution in [-0.4, -0.2) is 29.5 Å². The van der Waals surface area contributed by atoms with E-state index in [0.29, 0.717) is 22.1 Å². The predicted octanol–water partition coefficient (Wildman–Crippen LogP) is 3.57. The van der Waals surface area contributed by atoms with Crippen LogP contribution in [0.15, 0.2) is 12.1 Å². The molecule has 1 saturated heterocycles. The molecule has 1 unspecified atom stereocenters. The lowest BCUT2D eigenvalue weighted by atomic mass is 9.97. The fraction of sp³-hybridized carbons (Fsp3) is 0.625. The molecule has 0 bridgehead atoms. The molecule has 1 atom stereocenters. The van der Waals surface area contributed by atoms with E-state index in [2.05, 4.69) is 0 Å². The van der Waals surface area contributed by atoms with E-state index in [-0.39, 0.29) is 18.3 Å². The van der Waals surface area contributed by atoms with Gasteiger partial charge in [-0.3, -0.25) is 0 Å². The quantitative estimate of drug-likeness (QED) is 0.923. The van der Waals surface area contributed by atoms with Crippen LogP contribution in [0.5, 0.6) is 11.5 Å². The molecule has 1 heterocycles. The molecule has 2 rings (SSSR count). The highest BCUT2D eigenvalue weighted by Crippen LogP contribution is 2.43. The topological polar surface area (TPSA) is 47.9 Å². The molecule has 1 aliphatic rings. The van der Waals surface area contributed by atoms with Crippen molar-refractivity contribution >= 4 is 11.6 Å². The minimum Gasteiger partial charge on any atom is -0.493 e. The first kappa shape index (κ1) is 16.4. The molecule has 0 spiro atoms. The number of halogens is 1. The Labute approximate surface area is 131 Å². The molecule has 0 radical (unpaired) electrons. The van der Waals surface area contributed by atoms with Gasteiger partial charge in [0.05, 0.1) is 24.3 Å². The minimum absolute atomic E-state index is 0.0958. The number of aliphatic hydroxyl groups is 1. The highest BCUT2D eigenvalue weighted by molar-refractivity contribution is 6.32. The Bertz CT molecular complexity index is 525. The van der Waals surface area contributed by atoms with Crippen molar-refractivity contribution in [3.8, 4) is 11.5 Å². The second-order valence-corrected chi connectivity index (χ2v) is 6.95. The molecule has 0 aliphatic carbocycles. The number of hydrogen-bond acceptors (Lipinski definition) is 4. The minimum atomic E-state index is -0.409. The van der Waals surface area contributed by atoms with Crippen molar-refractivity contribution in [1.29, 1.82) is 0 Å². The smallest absolute Gasteiger partial charge is 0.180 e. The molecular weight excluding hydrogens is 292 g/mol. The van der Waals surface area contributed by atoms with Crippen LogP contribution in [0.1, 0.15) is 39.7 Å². The number of ether oxygens (including phenoxy) is 3. The van der Waals surface area contributed by atoms with Crippen LogP contribution in [0.4, 0.5) is 0 Å². The largest absolute Gasteiger partial charge is 0.493 e. The van der Waals surface area contributed by atoms with Crippen LogP contribution in [0.3, 0.4) is 0 Å². The van der Waals surface area contributed by atoms with Gasteiger partial charge in [0, 0.05) is 6.42 Å². The summed E-state index contributed by atoms with van der Waals surface area (Å²) in [6, 6.07) is 3.42. The van der Waals surface area contributed by atoms with Gasteiger partial charge in [0.2, 0.25) is 0 Å². The standard InChI is InChI=1S/C16H23ClO4/c1-15(2)8-13(16(3,4)21-15)20-14-11(17)6-10(9-18)7-12(14)19-5/h6-7,13,18H,8-9H2,1-5H3. The molecule has 0 aromatic heterocycles. The maximum atomic E-state index is 9.23. The molecular formula is C16H23ClO4. The van der Waals surface area contributed by atoms with E-state index in [4.69, 9.17) is 25.8 Å². The van der Waals surface area contributed by atoms with Crippen molar-refractivity contribution in [2.45, 2.75) is 58.0 Å². The average Bonchev–Trinajstić information content (AvgIpc) is 2.59. The molecule has 1 N–H and O–H groups in total. The van der Waals surface area contributed by atoms with Gasteiger partial charge in [0.1, 0.15) is 11.7 Å². The summed E-state index contributed by atoms with van der Waals surface area (Å²) in [6.45, 7) is 8.02. The van der Waals surface area contributed by atoms with Crippen molar-refractivity contribution in [2.24, 2.45) is 0 Å². The number of rotatable bonds is 4. The van der Waals surface area contributed by atoms with Crippen molar-refractivity contribution in [2.75, 3.05) is 7.11 Å². The Morgan fingerprint density at radius 1 is 1.33 bits per heavy atom. The normalized spacial score (nSPS) is 23.1. The molecule has 1 aromatic rings. The third-order valence-electron chi connectivity index (χ3n) is 3.72. The van der Waals surface area contributed by atoms with Crippen molar-refractivity contribution < 1.29 is 19.3 Å². The first-order valence-corrected chi connectivity index (χ1v) is 7.40. The van der Waals surface area contributed by atoms with Gasteiger partial charge in [-0.15, -0.1) is 0 Å². The summed E-state index contributed by atoms with van der Waals surface area (Å²) < 4.78 is 17.5. The van der Waals surface area contributed by atoms with Crippen LogP contribution in [0.2, 0.25) is 5.02 Å². The summed E-state index contributed by atoms with van der Waals surface area (Å²) in [5, 5.41) is 9.66. The van der Waals surface area contributed by atoms with Crippen LogP contribution in [0, 0.1) is 0 Å². The van der Waals surface area contributed by atoms with E-state index < -0.39 is 5.60 Å². The summed E-state index contributed by atoms with van der Waals surface area (Å²) >= 11 is 6.28. The lowest BCUT2D eigenvalue weighted by molar-refractivity contribution is -0.0847. The number of aliphatic hydroxyl groups excluding tert-OH is 1. The van der Waals surface area contributed by atoms with Crippen LogP contribution >= 0.6 is 11.6 Å². The monoisotopic (exact) mass is 314 g/mol. The van der Waals surface area contributed by atoms with Crippen LogP contribution in [0.25, 0.3) is 0 Å². The lowest BCUT2D eigenvalue weighted by Gasteiger charge is -2.28. The van der Waals surface area contributed by atoms with Gasteiger partial charge >= 0.3 is 0 Å². The Morgan fingerprint density at radius 3 is 2.48 bits per heavy atom. The molecule has 4 nitrogen and oxygen atoms in total. The molecule has 1 aliphatic heterocycles. The second-order valence-electron chi connectivity index (χ2n) is 6.54. The molecule has 1 fully saturated rings. The summed E-state index contributed by atoms with van der Waals surface area (Å²) in [5.41, 5.74) is 0.0401. The van der Waals surface area contributed by atoms with E-state index >= 15 is 0 Å². The summed E-state index contributed by atoms with van der Waals surface area (Å²) in [5.74, 6) is 1.02. The van der Waals surface area contributed by atoms with Crippen molar-refractivity contribution in [3.05, 3.63) is 22.7 Å². The maximum Gasteiger partial charge on any atom is 0.180 e. The highest BCUT2D eigenvalue weighted by Gasteiger charge is 2.47. The Balaban J connectivity index is 2.31. The van der Waals surface area contributed by atoms with Gasteiger partial charge in [-0.05, 0) is 45.4 Å². The number of methoxy groups -OCH3 is 1. The van der Waals surface area contributed by atoms with E-state index in [1.807, 2.05) is 27.7 Å². The molecule has 0 saturated carbocycles. The SMILES string of the molecule is COc1cc(CO)cc(Cl)c1OC1CC(C)(C)OC1(C)C. The molecule has 5 heteroatoms. The fourth-order valence-corrected chi connectivity index (χ4v) is 3.09. The maximum absolute atomic E-state index is 9.23. The fourth-order valence-electron chi connectivity index (χ4n) is 2.82. The summed E-state index contributed by atoms with van der Waals surface area (Å²) in [6.07, 6.45) is 0.639. The average molecular weight is 315 g/mol. The van der Waals surface area contributed by atoms with Gasteiger partial charge in [-0.1, -0.05) is 11.6 Å². The van der Waals surface area contributed by atoms with E-state index in [1.54, 1.807) is 19.2 Å². The van der Waals surface area contributed by atoms with E-state index in [0.717, 1.165) is 6.42 Å². The van der Waals surface area contributed by atoms with Gasteiger partial charge in [0.25, 0.3) is 0 Å². The van der Waals surface area contributed by atoms with Crippen LogP contribution < -0.4 is 9.47 Å². The van der Waals surface area contributed by atoms with Crippen molar-refractivity contribution in [3.63, 3.8) is 0 Å². The summed E-state index contributed by atoms with van der Waals surface area (Å²) in [4.78, 5) is 0. The Hall–Kier alpha value is -0.970. The van der Waals surface area contributed by atoms with E-state index in [1.165, 1.54) is 0 Å². The molecule has 0 amide bonds. The van der Waals surface area contributed by atoms with Crippen molar-refractivity contribution in [1.82, 2.24) is 0 Å². The van der Waals surface area contributed by atoms with E-state index in [9.17, 15) is 5.11 Å². The zero-order valence-corrected chi connectivity index (χ0v) is 14.0. The third kappa shape index (κ3) is 3.44. The van der Waals surface area contributed by atoms with Gasteiger partial charge in [-0.2, -0.15) is 0 Å². The van der Waals surface area contributed by atoms with Gasteiger partial charge in [0.15, 0.2) is 11.5 Å². The lowest BCUT2D eigenvalue weighted by Crippen LogP contribution is -2.36.